The maximum Gasteiger partial charge on any atom is 0.323 e. The monoisotopic (exact) mass is 610 g/mol. The van der Waals surface area contributed by atoms with E-state index in [-0.39, 0.29) is 30.8 Å². The van der Waals surface area contributed by atoms with E-state index in [0.717, 1.165) is 29.8 Å². The highest BCUT2D eigenvalue weighted by molar-refractivity contribution is 7.96. The van der Waals surface area contributed by atoms with E-state index in [1.165, 1.54) is 11.9 Å². The van der Waals surface area contributed by atoms with Crippen molar-refractivity contribution in [2.75, 3.05) is 31.0 Å². The van der Waals surface area contributed by atoms with Gasteiger partial charge in [0.1, 0.15) is 30.0 Å². The predicted molar refractivity (Wildman–Crippen MR) is 159 cm³/mol. The largest absolute Gasteiger partial charge is 0.465 e. The zero-order valence-corrected chi connectivity index (χ0v) is 25.7. The number of carbonyl (C=O) groups excluding carboxylic acids is 1. The Morgan fingerprint density at radius 2 is 2.08 bits per heavy atom. The summed E-state index contributed by atoms with van der Waals surface area (Å²) in [6, 6.07) is 8.39. The van der Waals surface area contributed by atoms with Gasteiger partial charge in [-0.15, -0.1) is 0 Å². The van der Waals surface area contributed by atoms with Crippen LogP contribution in [0.25, 0.3) is 11.0 Å². The molecule has 40 heavy (non-hydrogen) atoms. The second kappa shape index (κ2) is 14.6. The molecule has 5 unspecified atom stereocenters. The van der Waals surface area contributed by atoms with Crippen LogP contribution in [0.4, 0.5) is 5.82 Å². The van der Waals surface area contributed by atoms with Gasteiger partial charge in [-0.05, 0) is 63.8 Å². The summed E-state index contributed by atoms with van der Waals surface area (Å²) in [5, 5.41) is 6.65. The lowest BCUT2D eigenvalue weighted by atomic mass is 10.1. The molecular weight excluding hydrogens is 575 g/mol. The van der Waals surface area contributed by atoms with Crippen molar-refractivity contribution in [2.45, 2.75) is 52.5 Å². The van der Waals surface area contributed by atoms with Crippen LogP contribution in [-0.4, -0.2) is 58.7 Å². The molecule has 0 spiro atoms. The van der Waals surface area contributed by atoms with E-state index >= 15 is 0 Å². The standard InChI is InChI=1S/C26H36ClN6O5PS/c1-6-33(31-40-5)24-22-12-13-32(23(22)28-16-29-24)25-17(3)14-21(37-25)15-36-39(30-18(4)26(34)35-7-2)38-20-10-8-19(27)9-11-20/h8-13,16-18,21,25,30-31H,6-7,14-15H2,1-5H3. The fourth-order valence-corrected chi connectivity index (χ4v) is 6.20. The predicted octanol–water partition coefficient (Wildman–Crippen LogP) is 5.48. The van der Waals surface area contributed by atoms with Crippen molar-refractivity contribution in [1.82, 2.24) is 24.5 Å². The van der Waals surface area contributed by atoms with Gasteiger partial charge in [-0.1, -0.05) is 30.5 Å². The smallest absolute Gasteiger partial charge is 0.323 e. The zero-order valence-electron chi connectivity index (χ0n) is 23.2. The summed E-state index contributed by atoms with van der Waals surface area (Å²) in [4.78, 5) is 24.6. The normalized spacial score (nSPS) is 20.4. The van der Waals surface area contributed by atoms with Gasteiger partial charge in [0.15, 0.2) is 5.82 Å². The zero-order chi connectivity index (χ0) is 28.6. The maximum atomic E-state index is 12.2. The molecule has 5 atom stereocenters. The fraction of sp³-hybridized carbons (Fsp3) is 0.500. The number of rotatable bonds is 14. The van der Waals surface area contributed by atoms with Crippen molar-refractivity contribution in [2.24, 2.45) is 5.92 Å². The third-order valence-electron chi connectivity index (χ3n) is 6.31. The minimum Gasteiger partial charge on any atom is -0.465 e. The van der Waals surface area contributed by atoms with Crippen molar-refractivity contribution in [3.8, 4) is 5.75 Å². The third-order valence-corrected chi connectivity index (χ3v) is 8.32. The van der Waals surface area contributed by atoms with E-state index in [2.05, 4.69) is 38.3 Å². The number of nitrogens with zero attached hydrogens (tertiary/aromatic N) is 4. The fourth-order valence-electron chi connectivity index (χ4n) is 4.42. The highest BCUT2D eigenvalue weighted by atomic mass is 35.5. The van der Waals surface area contributed by atoms with Crippen LogP contribution in [0.3, 0.4) is 0 Å². The lowest BCUT2D eigenvalue weighted by Crippen LogP contribution is -2.34. The molecule has 11 nitrogen and oxygen atoms in total. The second-order valence-electron chi connectivity index (χ2n) is 9.26. The Bertz CT molecular complexity index is 1250. The number of nitrogens with one attached hydrogen (secondary N) is 2. The Kier molecular flexibility index (Phi) is 11.3. The molecule has 14 heteroatoms. The summed E-state index contributed by atoms with van der Waals surface area (Å²) in [5.41, 5.74) is 0.808. The molecule has 0 radical (unpaired) electrons. The summed E-state index contributed by atoms with van der Waals surface area (Å²) >= 11 is 7.53. The third kappa shape index (κ3) is 7.55. The Balaban J connectivity index is 1.45. The van der Waals surface area contributed by atoms with Crippen molar-refractivity contribution in [3.05, 3.63) is 47.9 Å². The first-order valence-electron chi connectivity index (χ1n) is 13.2. The molecule has 0 amide bonds. The lowest BCUT2D eigenvalue weighted by molar-refractivity contribution is -0.144. The molecule has 3 aromatic rings. The Morgan fingerprint density at radius 1 is 1.30 bits per heavy atom. The van der Waals surface area contributed by atoms with E-state index in [1.807, 2.05) is 23.5 Å². The van der Waals surface area contributed by atoms with Crippen LogP contribution in [-0.2, 0) is 18.8 Å². The molecule has 0 aliphatic carbocycles. The number of hydrogen-bond donors (Lipinski definition) is 2. The van der Waals surface area contributed by atoms with Gasteiger partial charge in [-0.25, -0.2) is 15.1 Å². The number of hydrogen-bond acceptors (Lipinski definition) is 11. The van der Waals surface area contributed by atoms with Gasteiger partial charge in [-0.2, -0.15) is 4.83 Å². The first-order valence-corrected chi connectivity index (χ1v) is 15.9. The first-order chi connectivity index (χ1) is 19.3. The number of esters is 1. The molecule has 3 heterocycles. The minimum atomic E-state index is -1.68. The second-order valence-corrected chi connectivity index (χ2v) is 11.5. The summed E-state index contributed by atoms with van der Waals surface area (Å²) in [5.74, 6) is 1.23. The molecule has 4 rings (SSSR count). The molecule has 0 saturated carbocycles. The van der Waals surface area contributed by atoms with E-state index in [1.54, 1.807) is 44.4 Å². The number of hydrazine groups is 1. The van der Waals surface area contributed by atoms with Crippen LogP contribution in [0.1, 0.15) is 40.3 Å². The van der Waals surface area contributed by atoms with Gasteiger partial charge in [0, 0.05) is 23.7 Å². The highest BCUT2D eigenvalue weighted by Crippen LogP contribution is 2.41. The molecular formula is C26H36ClN6O5PS. The lowest BCUT2D eigenvalue weighted by Gasteiger charge is -2.23. The van der Waals surface area contributed by atoms with E-state index in [4.69, 9.17) is 30.1 Å². The van der Waals surface area contributed by atoms with Crippen molar-refractivity contribution in [1.29, 1.82) is 0 Å². The summed E-state index contributed by atoms with van der Waals surface area (Å²) in [7, 11) is -1.68. The SMILES string of the molecule is CCOC(=O)C(C)NP(OCC1CC(C)C(n2ccc3c(N(CC)NSC)ncnc32)O1)Oc1ccc(Cl)cc1. The van der Waals surface area contributed by atoms with Crippen LogP contribution in [0.15, 0.2) is 42.9 Å². The molecule has 218 valence electrons. The number of carbonyl (C=O) groups is 1. The number of ether oxygens (including phenoxy) is 2. The van der Waals surface area contributed by atoms with Crippen LogP contribution < -0.4 is 19.5 Å². The van der Waals surface area contributed by atoms with Gasteiger partial charge in [0.2, 0.25) is 0 Å². The van der Waals surface area contributed by atoms with Gasteiger partial charge in [0.05, 0.1) is 24.7 Å². The van der Waals surface area contributed by atoms with Gasteiger partial charge < -0.3 is 23.1 Å². The topological polar surface area (TPSA) is 112 Å². The van der Waals surface area contributed by atoms with Crippen molar-refractivity contribution >= 4 is 54.9 Å². The number of aromatic nitrogens is 3. The van der Waals surface area contributed by atoms with Crippen LogP contribution in [0.5, 0.6) is 5.75 Å². The van der Waals surface area contributed by atoms with Gasteiger partial charge in [-0.3, -0.25) is 9.80 Å². The number of benzene rings is 1. The molecule has 1 saturated heterocycles. The van der Waals surface area contributed by atoms with Crippen LogP contribution >= 0.6 is 32.1 Å². The Hall–Kier alpha value is -2.18. The minimum absolute atomic E-state index is 0.178. The van der Waals surface area contributed by atoms with Gasteiger partial charge in [0.25, 0.3) is 0 Å². The molecule has 1 aromatic carbocycles. The molecule has 2 aromatic heterocycles. The maximum absolute atomic E-state index is 12.2. The Morgan fingerprint density at radius 3 is 2.77 bits per heavy atom. The van der Waals surface area contributed by atoms with Crippen molar-refractivity contribution in [3.63, 3.8) is 0 Å². The molecule has 1 aliphatic rings. The highest BCUT2D eigenvalue weighted by Gasteiger charge is 2.36. The van der Waals surface area contributed by atoms with E-state index in [0.29, 0.717) is 17.4 Å². The Labute approximate surface area is 245 Å². The quantitative estimate of drug-likeness (QED) is 0.105. The summed E-state index contributed by atoms with van der Waals surface area (Å²) in [6.07, 6.45) is 5.95. The first kappa shape index (κ1) is 30.8. The number of fused-ring (bicyclic) bond motifs is 1. The average Bonchev–Trinajstić information content (AvgIpc) is 3.54. The van der Waals surface area contributed by atoms with E-state index < -0.39 is 14.6 Å². The molecule has 1 fully saturated rings. The van der Waals surface area contributed by atoms with Crippen LogP contribution in [0, 0.1) is 5.92 Å². The van der Waals surface area contributed by atoms with Crippen molar-refractivity contribution < 1.29 is 23.3 Å². The summed E-state index contributed by atoms with van der Waals surface area (Å²) in [6.45, 7) is 9.02. The number of halogens is 1. The molecule has 2 N–H and O–H groups in total. The summed E-state index contributed by atoms with van der Waals surface area (Å²) < 4.78 is 25.9. The molecule has 1 aliphatic heterocycles. The molecule has 0 bridgehead atoms. The van der Waals surface area contributed by atoms with E-state index in [9.17, 15) is 4.79 Å². The van der Waals surface area contributed by atoms with Crippen LogP contribution in [0.2, 0.25) is 5.02 Å². The average molecular weight is 611 g/mol. The van der Waals surface area contributed by atoms with Gasteiger partial charge >= 0.3 is 14.5 Å². The number of anilines is 1.